The first kappa shape index (κ1) is 12.9. The summed E-state index contributed by atoms with van der Waals surface area (Å²) >= 11 is 0. The molecule has 0 saturated carbocycles. The van der Waals surface area contributed by atoms with E-state index in [0.717, 1.165) is 32.0 Å². The van der Waals surface area contributed by atoms with Crippen molar-refractivity contribution in [2.24, 2.45) is 0 Å². The molecule has 18 heavy (non-hydrogen) atoms. The molecule has 1 aliphatic rings. The molecule has 0 aliphatic carbocycles. The molecule has 0 atom stereocenters. The van der Waals surface area contributed by atoms with Gasteiger partial charge in [0.05, 0.1) is 25.3 Å². The molecule has 0 spiro atoms. The summed E-state index contributed by atoms with van der Waals surface area (Å²) in [5, 5.41) is 2.97. The van der Waals surface area contributed by atoms with Crippen LogP contribution in [-0.2, 0) is 4.74 Å². The Bertz CT molecular complexity index is 459. The van der Waals surface area contributed by atoms with Crippen molar-refractivity contribution < 1.29 is 9.13 Å². The summed E-state index contributed by atoms with van der Waals surface area (Å²) in [5.74, 6) is 5.63. The third kappa shape index (κ3) is 3.46. The molecule has 1 aliphatic heterocycles. The summed E-state index contributed by atoms with van der Waals surface area (Å²) in [6.45, 7) is 3.96. The van der Waals surface area contributed by atoms with E-state index in [1.54, 1.807) is 19.2 Å². The quantitative estimate of drug-likeness (QED) is 0.804. The Morgan fingerprint density at radius 3 is 2.89 bits per heavy atom. The van der Waals surface area contributed by atoms with E-state index in [-0.39, 0.29) is 5.82 Å². The van der Waals surface area contributed by atoms with Gasteiger partial charge in [0.1, 0.15) is 5.82 Å². The van der Waals surface area contributed by atoms with Crippen molar-refractivity contribution in [1.29, 1.82) is 0 Å². The molecule has 4 heteroatoms. The molecular weight excluding hydrogens is 231 g/mol. The highest BCUT2D eigenvalue weighted by molar-refractivity contribution is 5.50. The molecule has 1 heterocycles. The smallest absolute Gasteiger partial charge is 0.138 e. The van der Waals surface area contributed by atoms with Crippen LogP contribution in [0, 0.1) is 17.7 Å². The van der Waals surface area contributed by atoms with Gasteiger partial charge in [-0.1, -0.05) is 11.8 Å². The number of nitrogens with one attached hydrogen (secondary N) is 1. The number of halogens is 1. The second-order valence-corrected chi connectivity index (χ2v) is 4.13. The van der Waals surface area contributed by atoms with Gasteiger partial charge in [0.25, 0.3) is 0 Å². The Morgan fingerprint density at radius 1 is 1.39 bits per heavy atom. The lowest BCUT2D eigenvalue weighted by molar-refractivity contribution is 0.0443. The Balaban J connectivity index is 2.00. The lowest BCUT2D eigenvalue weighted by Crippen LogP contribution is -2.36. The van der Waals surface area contributed by atoms with E-state index < -0.39 is 0 Å². The summed E-state index contributed by atoms with van der Waals surface area (Å²) in [6.07, 6.45) is 0. The van der Waals surface area contributed by atoms with Crippen LogP contribution >= 0.6 is 0 Å². The maximum absolute atomic E-state index is 13.5. The van der Waals surface area contributed by atoms with Gasteiger partial charge in [0, 0.05) is 25.8 Å². The SMILES string of the molecule is CNc1ccc(F)c(C#CCN2CCOCC2)c1. The second kappa shape index (κ2) is 6.39. The van der Waals surface area contributed by atoms with Crippen molar-refractivity contribution in [3.63, 3.8) is 0 Å². The molecule has 1 N–H and O–H groups in total. The molecule has 2 rings (SSSR count). The van der Waals surface area contributed by atoms with Crippen molar-refractivity contribution in [2.75, 3.05) is 45.2 Å². The van der Waals surface area contributed by atoms with Gasteiger partial charge in [-0.15, -0.1) is 0 Å². The highest BCUT2D eigenvalue weighted by atomic mass is 19.1. The molecule has 0 unspecified atom stereocenters. The standard InChI is InChI=1S/C14H17FN2O/c1-16-13-4-5-14(15)12(11-13)3-2-6-17-7-9-18-10-8-17/h4-5,11,16H,6-10H2,1H3. The van der Waals surface area contributed by atoms with Crippen LogP contribution in [0.25, 0.3) is 0 Å². The van der Waals surface area contributed by atoms with Crippen LogP contribution in [-0.4, -0.2) is 44.8 Å². The third-order valence-electron chi connectivity index (χ3n) is 2.88. The van der Waals surface area contributed by atoms with Crippen LogP contribution in [0.5, 0.6) is 0 Å². The fraction of sp³-hybridized carbons (Fsp3) is 0.429. The molecule has 0 amide bonds. The first-order chi connectivity index (χ1) is 8.79. The fourth-order valence-electron chi connectivity index (χ4n) is 1.78. The van der Waals surface area contributed by atoms with Gasteiger partial charge in [-0.3, -0.25) is 4.90 Å². The molecule has 0 aromatic heterocycles. The molecule has 3 nitrogen and oxygen atoms in total. The van der Waals surface area contributed by atoms with E-state index in [4.69, 9.17) is 4.74 Å². The monoisotopic (exact) mass is 248 g/mol. The predicted molar refractivity (Wildman–Crippen MR) is 70.1 cm³/mol. The topological polar surface area (TPSA) is 24.5 Å². The molecule has 1 saturated heterocycles. The zero-order valence-corrected chi connectivity index (χ0v) is 10.5. The Morgan fingerprint density at radius 2 is 2.17 bits per heavy atom. The largest absolute Gasteiger partial charge is 0.388 e. The van der Waals surface area contributed by atoms with E-state index in [9.17, 15) is 4.39 Å². The maximum atomic E-state index is 13.5. The lowest BCUT2D eigenvalue weighted by atomic mass is 10.2. The van der Waals surface area contributed by atoms with Gasteiger partial charge >= 0.3 is 0 Å². The molecule has 1 aromatic carbocycles. The Labute approximate surface area is 107 Å². The first-order valence-corrected chi connectivity index (χ1v) is 6.06. The normalized spacial score (nSPS) is 15.9. The zero-order valence-electron chi connectivity index (χ0n) is 10.5. The third-order valence-corrected chi connectivity index (χ3v) is 2.88. The molecular formula is C14H17FN2O. The summed E-state index contributed by atoms with van der Waals surface area (Å²) in [5.41, 5.74) is 1.31. The summed E-state index contributed by atoms with van der Waals surface area (Å²) < 4.78 is 18.8. The maximum Gasteiger partial charge on any atom is 0.138 e. The van der Waals surface area contributed by atoms with Crippen LogP contribution < -0.4 is 5.32 Å². The van der Waals surface area contributed by atoms with Crippen molar-refractivity contribution >= 4 is 5.69 Å². The van der Waals surface area contributed by atoms with E-state index in [0.29, 0.717) is 12.1 Å². The number of hydrogen-bond donors (Lipinski definition) is 1. The summed E-state index contributed by atoms with van der Waals surface area (Å²) in [6, 6.07) is 4.86. The van der Waals surface area contributed by atoms with Crippen molar-refractivity contribution in [3.05, 3.63) is 29.6 Å². The van der Waals surface area contributed by atoms with E-state index in [1.807, 2.05) is 0 Å². The second-order valence-electron chi connectivity index (χ2n) is 4.13. The summed E-state index contributed by atoms with van der Waals surface area (Å²) in [7, 11) is 1.80. The van der Waals surface area contributed by atoms with Crippen LogP contribution in [0.4, 0.5) is 10.1 Å². The van der Waals surface area contributed by atoms with Gasteiger partial charge in [-0.25, -0.2) is 4.39 Å². The number of morpholine rings is 1. The highest BCUT2D eigenvalue weighted by Gasteiger charge is 2.07. The number of rotatable bonds is 2. The molecule has 1 fully saturated rings. The van der Waals surface area contributed by atoms with Gasteiger partial charge < -0.3 is 10.1 Å². The summed E-state index contributed by atoms with van der Waals surface area (Å²) in [4.78, 5) is 2.20. The van der Waals surface area contributed by atoms with Gasteiger partial charge in [0.2, 0.25) is 0 Å². The van der Waals surface area contributed by atoms with Crippen LogP contribution in [0.15, 0.2) is 18.2 Å². The van der Waals surface area contributed by atoms with Crippen LogP contribution in [0.3, 0.4) is 0 Å². The van der Waals surface area contributed by atoms with E-state index in [2.05, 4.69) is 22.1 Å². The van der Waals surface area contributed by atoms with Crippen LogP contribution in [0.2, 0.25) is 0 Å². The van der Waals surface area contributed by atoms with E-state index >= 15 is 0 Å². The van der Waals surface area contributed by atoms with Crippen molar-refractivity contribution in [3.8, 4) is 11.8 Å². The molecule has 96 valence electrons. The number of nitrogens with zero attached hydrogens (tertiary/aromatic N) is 1. The highest BCUT2D eigenvalue weighted by Crippen LogP contribution is 2.12. The number of benzene rings is 1. The van der Waals surface area contributed by atoms with Gasteiger partial charge in [-0.05, 0) is 18.2 Å². The minimum absolute atomic E-state index is 0.275. The first-order valence-electron chi connectivity index (χ1n) is 6.06. The predicted octanol–water partition coefficient (Wildman–Crippen LogP) is 1.55. The Hall–Kier alpha value is -1.57. The average Bonchev–Trinajstić information content (AvgIpc) is 2.42. The Kier molecular flexibility index (Phi) is 4.57. The number of anilines is 1. The fourth-order valence-corrected chi connectivity index (χ4v) is 1.78. The number of ether oxygens (including phenoxy) is 1. The van der Waals surface area contributed by atoms with Gasteiger partial charge in [0.15, 0.2) is 0 Å². The minimum atomic E-state index is -0.275. The van der Waals surface area contributed by atoms with Crippen LogP contribution in [0.1, 0.15) is 5.56 Å². The molecule has 1 aromatic rings. The minimum Gasteiger partial charge on any atom is -0.388 e. The zero-order chi connectivity index (χ0) is 12.8. The average molecular weight is 248 g/mol. The van der Waals surface area contributed by atoms with Gasteiger partial charge in [-0.2, -0.15) is 0 Å². The van der Waals surface area contributed by atoms with Crippen molar-refractivity contribution in [1.82, 2.24) is 4.90 Å². The molecule has 0 radical (unpaired) electrons. The number of hydrogen-bond acceptors (Lipinski definition) is 3. The lowest BCUT2D eigenvalue weighted by Gasteiger charge is -2.24. The van der Waals surface area contributed by atoms with E-state index in [1.165, 1.54) is 6.07 Å². The molecule has 0 bridgehead atoms. The van der Waals surface area contributed by atoms with Crippen molar-refractivity contribution in [2.45, 2.75) is 0 Å².